The summed E-state index contributed by atoms with van der Waals surface area (Å²) < 4.78 is 12.7. The van der Waals surface area contributed by atoms with Gasteiger partial charge in [0, 0.05) is 68.1 Å². The number of likely N-dealkylation sites (N-methyl/N-ethyl adjacent to an activating group) is 1. The van der Waals surface area contributed by atoms with Gasteiger partial charge in [-0.25, -0.2) is 4.98 Å². The highest BCUT2D eigenvalue weighted by Gasteiger charge is 2.45. The first-order chi connectivity index (χ1) is 16.0. The number of nitrogens with zero attached hydrogens (tertiary/aromatic N) is 5. The minimum Gasteiger partial charge on any atom is -0.365 e. The Balaban J connectivity index is 1.25. The van der Waals surface area contributed by atoms with Crippen LogP contribution in [0.2, 0.25) is 5.02 Å². The predicted molar refractivity (Wildman–Crippen MR) is 130 cm³/mol. The largest absolute Gasteiger partial charge is 0.365 e. The van der Waals surface area contributed by atoms with Gasteiger partial charge in [0.05, 0.1) is 22.5 Å². The molecule has 2 bridgehead atoms. The van der Waals surface area contributed by atoms with E-state index in [0.29, 0.717) is 43.0 Å². The number of carbonyl (C=O) groups excluding carboxylic acids is 1. The average molecular weight is 487 g/mol. The van der Waals surface area contributed by atoms with Crippen LogP contribution < -0.4 is 15.1 Å². The molecule has 1 aromatic carbocycles. The van der Waals surface area contributed by atoms with Crippen molar-refractivity contribution in [3.8, 4) is 0 Å². The molecule has 4 aliphatic heterocycles. The van der Waals surface area contributed by atoms with Crippen molar-refractivity contribution >= 4 is 45.8 Å². The van der Waals surface area contributed by atoms with E-state index >= 15 is 0 Å². The zero-order valence-electron chi connectivity index (χ0n) is 18.5. The number of hydrogen-bond donors (Lipinski definition) is 1. The molecule has 3 saturated heterocycles. The molecule has 3 fully saturated rings. The van der Waals surface area contributed by atoms with Crippen molar-refractivity contribution in [3.05, 3.63) is 35.0 Å². The predicted octanol–water partition coefficient (Wildman–Crippen LogP) is 2.29. The van der Waals surface area contributed by atoms with Gasteiger partial charge in [-0.2, -0.15) is 4.98 Å². The molecule has 8 nitrogen and oxygen atoms in total. The van der Waals surface area contributed by atoms with E-state index in [-0.39, 0.29) is 11.9 Å². The van der Waals surface area contributed by atoms with Gasteiger partial charge in [0.15, 0.2) is 0 Å². The fourth-order valence-electron chi connectivity index (χ4n) is 5.59. The van der Waals surface area contributed by atoms with Gasteiger partial charge in [-0.1, -0.05) is 11.6 Å². The monoisotopic (exact) mass is 486 g/mol. The highest BCUT2D eigenvalue weighted by molar-refractivity contribution is 7.85. The number of carbonyl (C=O) groups is 1. The van der Waals surface area contributed by atoms with Crippen molar-refractivity contribution in [1.29, 1.82) is 0 Å². The first kappa shape index (κ1) is 21.2. The molecule has 4 aliphatic rings. The lowest BCUT2D eigenvalue weighted by molar-refractivity contribution is -0.132. The molecule has 2 unspecified atom stereocenters. The van der Waals surface area contributed by atoms with E-state index in [1.54, 1.807) is 4.90 Å². The number of amides is 1. The van der Waals surface area contributed by atoms with Crippen LogP contribution in [-0.2, 0) is 22.0 Å². The summed E-state index contributed by atoms with van der Waals surface area (Å²) in [6, 6.07) is 8.92. The van der Waals surface area contributed by atoms with Gasteiger partial charge in [-0.3, -0.25) is 9.00 Å². The second-order valence-electron chi connectivity index (χ2n) is 9.43. The van der Waals surface area contributed by atoms with Crippen molar-refractivity contribution in [2.75, 3.05) is 47.6 Å². The van der Waals surface area contributed by atoms with E-state index in [1.165, 1.54) is 5.69 Å². The Kier molecular flexibility index (Phi) is 5.21. The van der Waals surface area contributed by atoms with E-state index in [4.69, 9.17) is 21.6 Å². The number of aryl methyl sites for hydroxylation is 1. The fraction of sp³-hybridized carbons (Fsp3) is 0.522. The number of anilines is 3. The zero-order chi connectivity index (χ0) is 22.7. The van der Waals surface area contributed by atoms with Crippen molar-refractivity contribution in [3.63, 3.8) is 0 Å². The Bertz CT molecular complexity index is 1130. The number of halogens is 1. The van der Waals surface area contributed by atoms with Gasteiger partial charge < -0.3 is 20.0 Å². The normalized spacial score (nSPS) is 28.5. The van der Waals surface area contributed by atoms with E-state index in [0.717, 1.165) is 47.5 Å². The highest BCUT2D eigenvalue weighted by atomic mass is 35.5. The van der Waals surface area contributed by atoms with Crippen LogP contribution in [0.5, 0.6) is 0 Å². The van der Waals surface area contributed by atoms with Gasteiger partial charge >= 0.3 is 0 Å². The quantitative estimate of drug-likeness (QED) is 0.710. The van der Waals surface area contributed by atoms with Crippen LogP contribution in [0.4, 0.5) is 17.5 Å². The SMILES string of the molecule is CN1C[C@@H](Nc2nc(N3C[C@H]4CC3CN4c3ccc(Cl)cc3)nc3c2S(=O)CC3)CCC1=O. The summed E-state index contributed by atoms with van der Waals surface area (Å²) in [7, 11) is 0.752. The van der Waals surface area contributed by atoms with Gasteiger partial charge in [-0.15, -0.1) is 0 Å². The number of nitrogens with one attached hydrogen (secondary N) is 1. The molecule has 6 rings (SSSR count). The number of hydrogen-bond acceptors (Lipinski definition) is 7. The Hall–Kier alpha value is -2.39. The van der Waals surface area contributed by atoms with E-state index in [9.17, 15) is 9.00 Å². The Labute approximate surface area is 200 Å². The molecule has 1 N–H and O–H groups in total. The summed E-state index contributed by atoms with van der Waals surface area (Å²) in [6.07, 6.45) is 3.07. The summed E-state index contributed by atoms with van der Waals surface area (Å²) in [6.45, 7) is 2.43. The van der Waals surface area contributed by atoms with Crippen LogP contribution in [0.3, 0.4) is 0 Å². The fourth-order valence-corrected chi connectivity index (χ4v) is 7.03. The summed E-state index contributed by atoms with van der Waals surface area (Å²) >= 11 is 6.07. The van der Waals surface area contributed by atoms with E-state index in [1.807, 2.05) is 19.2 Å². The molecule has 174 valence electrons. The lowest BCUT2D eigenvalue weighted by Gasteiger charge is -2.36. The Morgan fingerprint density at radius 2 is 1.82 bits per heavy atom. The van der Waals surface area contributed by atoms with Crippen LogP contribution >= 0.6 is 11.6 Å². The van der Waals surface area contributed by atoms with Crippen LogP contribution in [0.1, 0.15) is 25.0 Å². The third kappa shape index (κ3) is 3.75. The molecule has 5 heterocycles. The average Bonchev–Trinajstić information content (AvgIpc) is 3.51. The number of likely N-dealkylation sites (tertiary alicyclic amines) is 1. The third-order valence-electron chi connectivity index (χ3n) is 7.30. The van der Waals surface area contributed by atoms with Crippen LogP contribution in [0, 0.1) is 0 Å². The molecule has 4 atom stereocenters. The molecule has 0 saturated carbocycles. The van der Waals surface area contributed by atoms with Crippen LogP contribution in [0.25, 0.3) is 0 Å². The zero-order valence-corrected chi connectivity index (χ0v) is 20.1. The Morgan fingerprint density at radius 1 is 1.06 bits per heavy atom. The van der Waals surface area contributed by atoms with Crippen molar-refractivity contribution in [1.82, 2.24) is 14.9 Å². The summed E-state index contributed by atoms with van der Waals surface area (Å²) in [5, 5.41) is 4.27. The summed E-state index contributed by atoms with van der Waals surface area (Å²) in [4.78, 5) is 29.0. The van der Waals surface area contributed by atoms with E-state index in [2.05, 4.69) is 27.2 Å². The number of benzene rings is 1. The molecular weight excluding hydrogens is 460 g/mol. The van der Waals surface area contributed by atoms with Gasteiger partial charge in [0.1, 0.15) is 10.7 Å². The lowest BCUT2D eigenvalue weighted by atomic mass is 10.1. The second-order valence-corrected chi connectivity index (χ2v) is 11.4. The number of rotatable bonds is 4. The molecule has 0 aliphatic carbocycles. The summed E-state index contributed by atoms with van der Waals surface area (Å²) in [5.41, 5.74) is 2.11. The van der Waals surface area contributed by atoms with Crippen molar-refractivity contribution in [2.45, 2.75) is 48.7 Å². The third-order valence-corrected chi connectivity index (χ3v) is 9.01. The minimum atomic E-state index is -1.08. The smallest absolute Gasteiger partial charge is 0.227 e. The molecule has 2 aromatic rings. The molecule has 33 heavy (non-hydrogen) atoms. The Morgan fingerprint density at radius 3 is 2.55 bits per heavy atom. The molecule has 1 aromatic heterocycles. The molecular formula is C23H27ClN6O2S. The lowest BCUT2D eigenvalue weighted by Crippen LogP contribution is -2.47. The maximum absolute atomic E-state index is 12.7. The standard InChI is InChI=1S/C23H27ClN6O2S/c1-28-11-15(4-7-20(28)31)25-22-21-19(8-9-33(21)32)26-23(27-22)30-13-17-10-18(30)12-29(17)16-5-2-14(24)3-6-16/h2-3,5-6,15,17-18H,4,7-13H2,1H3,(H,25,26,27)/t15-,17+,18?,33?/m0/s1. The van der Waals surface area contributed by atoms with Gasteiger partial charge in [-0.05, 0) is 37.1 Å². The van der Waals surface area contributed by atoms with Crippen molar-refractivity contribution in [2.24, 2.45) is 0 Å². The van der Waals surface area contributed by atoms with Gasteiger partial charge in [0.25, 0.3) is 0 Å². The maximum Gasteiger partial charge on any atom is 0.227 e. The minimum absolute atomic E-state index is 0.104. The summed E-state index contributed by atoms with van der Waals surface area (Å²) in [5.74, 6) is 2.19. The molecule has 0 radical (unpaired) electrons. The number of aromatic nitrogens is 2. The van der Waals surface area contributed by atoms with E-state index < -0.39 is 10.8 Å². The highest BCUT2D eigenvalue weighted by Crippen LogP contribution is 2.38. The van der Waals surface area contributed by atoms with Crippen LogP contribution in [-0.4, -0.2) is 75.5 Å². The first-order valence-corrected chi connectivity index (χ1v) is 13.2. The number of piperidine rings is 1. The first-order valence-electron chi connectivity index (χ1n) is 11.5. The molecule has 10 heteroatoms. The van der Waals surface area contributed by atoms with Crippen molar-refractivity contribution < 1.29 is 9.00 Å². The second kappa shape index (κ2) is 8.13. The maximum atomic E-state index is 12.7. The molecule has 0 spiro atoms. The number of piperazine rings is 1. The molecule has 1 amide bonds. The topological polar surface area (TPSA) is 81.7 Å². The number of fused-ring (bicyclic) bond motifs is 3. The van der Waals surface area contributed by atoms with Crippen LogP contribution in [0.15, 0.2) is 29.2 Å². The van der Waals surface area contributed by atoms with Gasteiger partial charge in [0.2, 0.25) is 11.9 Å².